The maximum Gasteiger partial charge on any atom is 0.272 e. The number of carbonyl (C=O) groups is 1. The van der Waals surface area contributed by atoms with Crippen LogP contribution in [0.15, 0.2) is 6.20 Å². The molecule has 2 heterocycles. The molecule has 0 spiro atoms. The first kappa shape index (κ1) is 12.5. The number of aromatic nitrogens is 2. The lowest BCUT2D eigenvalue weighted by Crippen LogP contribution is -2.42. The molecule has 0 radical (unpaired) electrons. The van der Waals surface area contributed by atoms with Gasteiger partial charge in [0.1, 0.15) is 5.69 Å². The van der Waals surface area contributed by atoms with Crippen LogP contribution >= 0.6 is 0 Å². The van der Waals surface area contributed by atoms with Crippen LogP contribution in [0.25, 0.3) is 0 Å². The van der Waals surface area contributed by atoms with Crippen molar-refractivity contribution in [3.63, 3.8) is 0 Å². The van der Waals surface area contributed by atoms with Crippen LogP contribution in [0.3, 0.4) is 0 Å². The first-order chi connectivity index (χ1) is 9.20. The van der Waals surface area contributed by atoms with Gasteiger partial charge in [0.2, 0.25) is 0 Å². The van der Waals surface area contributed by atoms with Crippen LogP contribution in [0.2, 0.25) is 0 Å². The highest BCUT2D eigenvalue weighted by Crippen LogP contribution is 2.38. The number of hydrogen-bond acceptors (Lipinski definition) is 4. The third kappa shape index (κ3) is 2.32. The molecule has 6 heteroatoms. The maximum absolute atomic E-state index is 12.3. The van der Waals surface area contributed by atoms with Crippen LogP contribution in [0.1, 0.15) is 36.7 Å². The van der Waals surface area contributed by atoms with Gasteiger partial charge in [0.15, 0.2) is 0 Å². The minimum atomic E-state index is -0.141. The zero-order chi connectivity index (χ0) is 13.4. The van der Waals surface area contributed by atoms with Gasteiger partial charge in [-0.15, -0.1) is 0 Å². The second-order valence-corrected chi connectivity index (χ2v) is 5.31. The summed E-state index contributed by atoms with van der Waals surface area (Å²) in [5, 5.41) is 7.16. The second-order valence-electron chi connectivity index (χ2n) is 5.31. The Morgan fingerprint density at radius 1 is 1.58 bits per heavy atom. The topological polar surface area (TPSA) is 82.2 Å². The molecule has 2 fully saturated rings. The lowest BCUT2D eigenvalue weighted by molar-refractivity contribution is 0.0725. The van der Waals surface area contributed by atoms with Crippen molar-refractivity contribution < 1.29 is 9.53 Å². The summed E-state index contributed by atoms with van der Waals surface area (Å²) in [6.45, 7) is 3.30. The van der Waals surface area contributed by atoms with Gasteiger partial charge in [-0.1, -0.05) is 0 Å². The van der Waals surface area contributed by atoms with Gasteiger partial charge in [-0.25, -0.2) is 0 Å². The number of rotatable bonds is 4. The van der Waals surface area contributed by atoms with Crippen LogP contribution in [0.4, 0.5) is 5.69 Å². The number of nitrogens with one attached hydrogen (secondary N) is 1. The van der Waals surface area contributed by atoms with E-state index in [2.05, 4.69) is 10.4 Å². The van der Waals surface area contributed by atoms with E-state index < -0.39 is 0 Å². The third-order valence-electron chi connectivity index (χ3n) is 3.92. The Balaban J connectivity index is 1.72. The predicted octanol–water partition coefficient (Wildman–Crippen LogP) is 0.782. The molecule has 2 unspecified atom stereocenters. The number of nitrogen functional groups attached to an aromatic ring is 1. The molecular weight excluding hydrogens is 244 g/mol. The van der Waals surface area contributed by atoms with Crippen LogP contribution in [0, 0.1) is 5.92 Å². The lowest BCUT2D eigenvalue weighted by atomic mass is 10.1. The van der Waals surface area contributed by atoms with Crippen molar-refractivity contribution in [1.29, 1.82) is 0 Å². The number of anilines is 1. The molecule has 1 saturated heterocycles. The molecule has 3 N–H and O–H groups in total. The fraction of sp³-hybridized carbons (Fsp3) is 0.692. The van der Waals surface area contributed by atoms with Gasteiger partial charge >= 0.3 is 0 Å². The molecule has 104 valence electrons. The Hall–Kier alpha value is -1.56. The fourth-order valence-corrected chi connectivity index (χ4v) is 2.78. The van der Waals surface area contributed by atoms with Crippen LogP contribution < -0.4 is 11.1 Å². The summed E-state index contributed by atoms with van der Waals surface area (Å²) < 4.78 is 7.36. The third-order valence-corrected chi connectivity index (χ3v) is 3.92. The molecule has 1 aromatic rings. The van der Waals surface area contributed by atoms with Crippen molar-refractivity contribution in [2.24, 2.45) is 5.92 Å². The SMILES string of the molecule is CCn1ncc(N)c1C(=O)NC1CCOC1C1CC1. The molecule has 1 aliphatic carbocycles. The van der Waals surface area contributed by atoms with Crippen molar-refractivity contribution in [3.05, 3.63) is 11.9 Å². The maximum atomic E-state index is 12.3. The molecule has 1 aromatic heterocycles. The number of nitrogens with two attached hydrogens (primary N) is 1. The van der Waals surface area contributed by atoms with E-state index >= 15 is 0 Å². The van der Waals surface area contributed by atoms with Gasteiger partial charge in [0, 0.05) is 13.2 Å². The molecule has 1 aliphatic heterocycles. The Morgan fingerprint density at radius 2 is 2.37 bits per heavy atom. The smallest absolute Gasteiger partial charge is 0.272 e. The molecule has 2 aliphatic rings. The molecule has 0 aromatic carbocycles. The monoisotopic (exact) mass is 264 g/mol. The number of amides is 1. The first-order valence-electron chi connectivity index (χ1n) is 6.94. The van der Waals surface area contributed by atoms with E-state index in [0.717, 1.165) is 13.0 Å². The van der Waals surface area contributed by atoms with Crippen molar-refractivity contribution in [3.8, 4) is 0 Å². The van der Waals surface area contributed by atoms with Gasteiger partial charge < -0.3 is 15.8 Å². The van der Waals surface area contributed by atoms with E-state index in [9.17, 15) is 4.79 Å². The van der Waals surface area contributed by atoms with E-state index in [4.69, 9.17) is 10.5 Å². The highest BCUT2D eigenvalue weighted by Gasteiger charge is 2.41. The van der Waals surface area contributed by atoms with Gasteiger partial charge in [0.05, 0.1) is 24.0 Å². The molecule has 19 heavy (non-hydrogen) atoms. The Bertz CT molecular complexity index is 481. The molecule has 1 saturated carbocycles. The Kier molecular flexibility index (Phi) is 3.18. The van der Waals surface area contributed by atoms with Gasteiger partial charge in [-0.2, -0.15) is 5.10 Å². The van der Waals surface area contributed by atoms with E-state index in [-0.39, 0.29) is 18.1 Å². The van der Waals surface area contributed by atoms with E-state index in [1.807, 2.05) is 6.92 Å². The largest absolute Gasteiger partial charge is 0.396 e. The molecule has 2 atom stereocenters. The molecule has 1 amide bonds. The average molecular weight is 264 g/mol. The summed E-state index contributed by atoms with van der Waals surface area (Å²) in [5.41, 5.74) is 6.72. The zero-order valence-electron chi connectivity index (χ0n) is 11.1. The van der Waals surface area contributed by atoms with Gasteiger partial charge in [-0.3, -0.25) is 9.48 Å². The molecular formula is C13H20N4O2. The molecule has 0 bridgehead atoms. The van der Waals surface area contributed by atoms with E-state index in [0.29, 0.717) is 23.8 Å². The summed E-state index contributed by atoms with van der Waals surface area (Å²) in [6.07, 6.45) is 5.02. The first-order valence-corrected chi connectivity index (χ1v) is 6.94. The zero-order valence-corrected chi connectivity index (χ0v) is 11.1. The summed E-state index contributed by atoms with van der Waals surface area (Å²) in [6, 6.07) is 0.111. The van der Waals surface area contributed by atoms with Crippen molar-refractivity contribution in [2.45, 2.75) is 44.9 Å². The minimum Gasteiger partial charge on any atom is -0.396 e. The number of hydrogen-bond donors (Lipinski definition) is 2. The quantitative estimate of drug-likeness (QED) is 0.842. The summed E-state index contributed by atoms with van der Waals surface area (Å²) in [7, 11) is 0. The number of aryl methyl sites for hydroxylation is 1. The lowest BCUT2D eigenvalue weighted by Gasteiger charge is -2.19. The summed E-state index contributed by atoms with van der Waals surface area (Å²) in [4.78, 5) is 12.3. The highest BCUT2D eigenvalue weighted by molar-refractivity contribution is 5.97. The van der Waals surface area contributed by atoms with Crippen LogP contribution in [-0.4, -0.2) is 34.4 Å². The number of nitrogens with zero attached hydrogens (tertiary/aromatic N) is 2. The fourth-order valence-electron chi connectivity index (χ4n) is 2.78. The number of carbonyl (C=O) groups excluding carboxylic acids is 1. The normalized spacial score (nSPS) is 26.6. The minimum absolute atomic E-state index is 0.111. The van der Waals surface area contributed by atoms with Crippen molar-refractivity contribution >= 4 is 11.6 Å². The standard InChI is InChI=1S/C13H20N4O2/c1-2-17-11(9(14)7-15-17)13(18)16-10-5-6-19-12(10)8-3-4-8/h7-8,10,12H,2-6,14H2,1H3,(H,16,18). The predicted molar refractivity (Wildman–Crippen MR) is 70.6 cm³/mol. The Morgan fingerprint density at radius 3 is 3.05 bits per heavy atom. The van der Waals surface area contributed by atoms with Crippen molar-refractivity contribution in [1.82, 2.24) is 15.1 Å². The van der Waals surface area contributed by atoms with E-state index in [1.165, 1.54) is 19.0 Å². The Labute approximate surface area is 112 Å². The second kappa shape index (κ2) is 4.85. The van der Waals surface area contributed by atoms with E-state index in [1.54, 1.807) is 4.68 Å². The summed E-state index contributed by atoms with van der Waals surface area (Å²) in [5.74, 6) is 0.485. The molecule has 6 nitrogen and oxygen atoms in total. The van der Waals surface area contributed by atoms with Gasteiger partial charge in [0.25, 0.3) is 5.91 Å². The van der Waals surface area contributed by atoms with Crippen molar-refractivity contribution in [2.75, 3.05) is 12.3 Å². The summed E-state index contributed by atoms with van der Waals surface area (Å²) >= 11 is 0. The van der Waals surface area contributed by atoms with Gasteiger partial charge in [-0.05, 0) is 32.1 Å². The highest BCUT2D eigenvalue weighted by atomic mass is 16.5. The average Bonchev–Trinajstić information content (AvgIpc) is 3.02. The number of ether oxygens (including phenoxy) is 1. The van der Waals surface area contributed by atoms with Crippen LogP contribution in [0.5, 0.6) is 0 Å². The molecule has 3 rings (SSSR count). The van der Waals surface area contributed by atoms with Crippen LogP contribution in [-0.2, 0) is 11.3 Å².